The summed E-state index contributed by atoms with van der Waals surface area (Å²) in [5.41, 5.74) is 0.475. The van der Waals surface area contributed by atoms with Crippen LogP contribution in [0.15, 0.2) is 60.7 Å². The maximum atomic E-state index is 13.9. The molecule has 0 heterocycles. The summed E-state index contributed by atoms with van der Waals surface area (Å²) in [4.78, 5) is 0. The lowest BCUT2D eigenvalue weighted by atomic mass is 9.95. The first-order chi connectivity index (χ1) is 8.09. The Bertz CT molecular complexity index is 474. The minimum absolute atomic E-state index is 0.394. The Morgan fingerprint density at radius 1 is 1.29 bits per heavy atom. The highest BCUT2D eigenvalue weighted by molar-refractivity contribution is 6.24. The van der Waals surface area contributed by atoms with Crippen LogP contribution in [-0.2, 0) is 0 Å². The predicted molar refractivity (Wildman–Crippen MR) is 68.1 cm³/mol. The van der Waals surface area contributed by atoms with Crippen molar-refractivity contribution >= 4 is 17.4 Å². The summed E-state index contributed by atoms with van der Waals surface area (Å²) < 4.78 is 13.9. The van der Waals surface area contributed by atoms with E-state index in [2.05, 4.69) is 0 Å². The lowest BCUT2D eigenvalue weighted by molar-refractivity contribution is 0.151. The van der Waals surface area contributed by atoms with Crippen LogP contribution in [0.3, 0.4) is 0 Å². The van der Waals surface area contributed by atoms with Crippen molar-refractivity contribution in [2.75, 3.05) is 0 Å². The van der Waals surface area contributed by atoms with Crippen LogP contribution in [0.5, 0.6) is 0 Å². The standard InChI is InChI=1S/C14H12ClFO/c15-14(17)9-5-4-8-12(14)10-13(16)11-6-2-1-3-7-11/h1-10,12,17H/b13-10-. The normalized spacial score (nSPS) is 28.4. The number of hydrogen-bond acceptors (Lipinski definition) is 1. The largest absolute Gasteiger partial charge is 0.371 e. The van der Waals surface area contributed by atoms with E-state index in [-0.39, 0.29) is 0 Å². The van der Waals surface area contributed by atoms with Crippen LogP contribution >= 0.6 is 11.6 Å². The second kappa shape index (κ2) is 4.86. The molecule has 0 bridgehead atoms. The van der Waals surface area contributed by atoms with Gasteiger partial charge in [0.2, 0.25) is 0 Å². The van der Waals surface area contributed by atoms with Gasteiger partial charge in [0.15, 0.2) is 5.06 Å². The lowest BCUT2D eigenvalue weighted by Crippen LogP contribution is -2.28. The zero-order valence-corrected chi connectivity index (χ0v) is 9.81. The Hall–Kier alpha value is -1.38. The molecule has 1 aromatic rings. The molecular weight excluding hydrogens is 239 g/mol. The third-order valence-corrected chi connectivity index (χ3v) is 2.98. The minimum atomic E-state index is -1.55. The van der Waals surface area contributed by atoms with Crippen molar-refractivity contribution in [1.82, 2.24) is 0 Å². The maximum Gasteiger partial charge on any atom is 0.167 e. The van der Waals surface area contributed by atoms with Crippen LogP contribution in [0.2, 0.25) is 0 Å². The van der Waals surface area contributed by atoms with Gasteiger partial charge in [-0.25, -0.2) is 4.39 Å². The van der Waals surface area contributed by atoms with Crippen LogP contribution in [0.25, 0.3) is 5.83 Å². The van der Waals surface area contributed by atoms with Gasteiger partial charge in [-0.05, 0) is 12.2 Å². The Morgan fingerprint density at radius 3 is 2.65 bits per heavy atom. The smallest absolute Gasteiger partial charge is 0.167 e. The lowest BCUT2D eigenvalue weighted by Gasteiger charge is -2.24. The van der Waals surface area contributed by atoms with Crippen molar-refractivity contribution in [2.45, 2.75) is 5.06 Å². The number of halogens is 2. The summed E-state index contributed by atoms with van der Waals surface area (Å²) >= 11 is 5.88. The molecule has 1 nitrogen and oxygen atoms in total. The van der Waals surface area contributed by atoms with E-state index < -0.39 is 16.8 Å². The quantitative estimate of drug-likeness (QED) is 0.794. The fourth-order valence-corrected chi connectivity index (χ4v) is 1.85. The van der Waals surface area contributed by atoms with Gasteiger partial charge in [-0.3, -0.25) is 0 Å². The number of alkyl halides is 1. The molecule has 0 radical (unpaired) electrons. The monoisotopic (exact) mass is 250 g/mol. The molecule has 0 saturated carbocycles. The topological polar surface area (TPSA) is 20.2 Å². The highest BCUT2D eigenvalue weighted by atomic mass is 35.5. The van der Waals surface area contributed by atoms with E-state index in [0.717, 1.165) is 0 Å². The molecule has 88 valence electrons. The van der Waals surface area contributed by atoms with E-state index in [0.29, 0.717) is 5.56 Å². The molecular formula is C14H12ClFO. The molecule has 2 rings (SSSR count). The van der Waals surface area contributed by atoms with Crippen LogP contribution < -0.4 is 0 Å². The van der Waals surface area contributed by atoms with Gasteiger partial charge in [-0.1, -0.05) is 60.2 Å². The van der Waals surface area contributed by atoms with Crippen molar-refractivity contribution in [3.05, 3.63) is 66.3 Å². The third-order valence-electron chi connectivity index (χ3n) is 2.60. The molecule has 0 fully saturated rings. The van der Waals surface area contributed by atoms with Crippen LogP contribution in [0, 0.1) is 5.92 Å². The minimum Gasteiger partial charge on any atom is -0.371 e. The maximum absolute atomic E-state index is 13.9. The molecule has 0 amide bonds. The Labute approximate surface area is 105 Å². The first kappa shape index (κ1) is 12.1. The van der Waals surface area contributed by atoms with Gasteiger partial charge >= 0.3 is 0 Å². The summed E-state index contributed by atoms with van der Waals surface area (Å²) in [5.74, 6) is -0.969. The molecule has 2 unspecified atom stereocenters. The molecule has 1 aliphatic rings. The van der Waals surface area contributed by atoms with Crippen LogP contribution in [0.1, 0.15) is 5.56 Å². The van der Waals surface area contributed by atoms with E-state index in [9.17, 15) is 9.50 Å². The van der Waals surface area contributed by atoms with Gasteiger partial charge < -0.3 is 5.11 Å². The second-order valence-corrected chi connectivity index (χ2v) is 4.48. The van der Waals surface area contributed by atoms with E-state index in [1.807, 2.05) is 6.07 Å². The molecule has 1 N–H and O–H groups in total. The van der Waals surface area contributed by atoms with Crippen molar-refractivity contribution in [2.24, 2.45) is 5.92 Å². The van der Waals surface area contributed by atoms with Crippen molar-refractivity contribution in [3.8, 4) is 0 Å². The molecule has 3 heteroatoms. The number of rotatable bonds is 2. The van der Waals surface area contributed by atoms with Crippen LogP contribution in [-0.4, -0.2) is 10.2 Å². The average molecular weight is 251 g/mol. The highest BCUT2D eigenvalue weighted by Crippen LogP contribution is 2.32. The molecule has 0 saturated heterocycles. The SMILES string of the molecule is OC1(Cl)C=CC=CC1/C=C(\F)c1ccccc1. The zero-order chi connectivity index (χ0) is 12.3. The molecule has 1 aromatic carbocycles. The predicted octanol–water partition coefficient (Wildman–Crippen LogP) is 3.67. The average Bonchev–Trinajstić information content (AvgIpc) is 2.33. The Balaban J connectivity index is 2.25. The van der Waals surface area contributed by atoms with E-state index >= 15 is 0 Å². The fraction of sp³-hybridized carbons (Fsp3) is 0.143. The number of hydrogen-bond donors (Lipinski definition) is 1. The van der Waals surface area contributed by atoms with Gasteiger partial charge in [0.05, 0.1) is 0 Å². The Morgan fingerprint density at radius 2 is 2.00 bits per heavy atom. The fourth-order valence-electron chi connectivity index (χ4n) is 1.64. The van der Waals surface area contributed by atoms with E-state index in [4.69, 9.17) is 11.6 Å². The Kier molecular flexibility index (Phi) is 3.46. The van der Waals surface area contributed by atoms with Crippen LogP contribution in [0.4, 0.5) is 4.39 Å². The van der Waals surface area contributed by atoms with Crippen molar-refractivity contribution in [1.29, 1.82) is 0 Å². The van der Waals surface area contributed by atoms with Crippen molar-refractivity contribution < 1.29 is 9.50 Å². The van der Waals surface area contributed by atoms with E-state index in [1.165, 1.54) is 12.2 Å². The van der Waals surface area contributed by atoms with Gasteiger partial charge in [-0.2, -0.15) is 0 Å². The number of aliphatic hydroxyl groups is 1. The van der Waals surface area contributed by atoms with Gasteiger partial charge in [-0.15, -0.1) is 0 Å². The summed E-state index contributed by atoms with van der Waals surface area (Å²) in [6.45, 7) is 0. The van der Waals surface area contributed by atoms with E-state index in [1.54, 1.807) is 42.5 Å². The molecule has 1 aliphatic carbocycles. The van der Waals surface area contributed by atoms with Gasteiger partial charge in [0.1, 0.15) is 5.83 Å². The molecule has 0 aliphatic heterocycles. The summed E-state index contributed by atoms with van der Waals surface area (Å²) in [7, 11) is 0. The highest BCUT2D eigenvalue weighted by Gasteiger charge is 2.30. The summed E-state index contributed by atoms with van der Waals surface area (Å²) in [5, 5.41) is 8.29. The van der Waals surface area contributed by atoms with Gasteiger partial charge in [0.25, 0.3) is 0 Å². The molecule has 2 atom stereocenters. The zero-order valence-electron chi connectivity index (χ0n) is 9.05. The third kappa shape index (κ3) is 2.84. The molecule has 17 heavy (non-hydrogen) atoms. The molecule has 0 aromatic heterocycles. The summed E-state index contributed by atoms with van der Waals surface area (Å²) in [6, 6.07) is 8.67. The second-order valence-electron chi connectivity index (χ2n) is 3.88. The first-order valence-electron chi connectivity index (χ1n) is 5.29. The molecule has 0 spiro atoms. The summed E-state index contributed by atoms with van der Waals surface area (Å²) in [6.07, 6.45) is 7.79. The van der Waals surface area contributed by atoms with Crippen molar-refractivity contribution in [3.63, 3.8) is 0 Å². The van der Waals surface area contributed by atoms with Gasteiger partial charge in [0, 0.05) is 11.5 Å². The first-order valence-corrected chi connectivity index (χ1v) is 5.67. The number of benzene rings is 1. The number of allylic oxidation sites excluding steroid dienone is 2.